The summed E-state index contributed by atoms with van der Waals surface area (Å²) in [5.74, 6) is -2.29. The summed E-state index contributed by atoms with van der Waals surface area (Å²) in [6.07, 6.45) is 0. The van der Waals surface area contributed by atoms with Gasteiger partial charge in [0.1, 0.15) is 0 Å². The van der Waals surface area contributed by atoms with Crippen molar-refractivity contribution in [1.29, 1.82) is 0 Å². The van der Waals surface area contributed by atoms with E-state index in [1.54, 1.807) is 0 Å². The maximum atomic E-state index is 13.1. The van der Waals surface area contributed by atoms with E-state index in [-0.39, 0.29) is 5.56 Å². The van der Waals surface area contributed by atoms with Crippen molar-refractivity contribution < 1.29 is 13.7 Å². The first-order chi connectivity index (χ1) is 6.49. The van der Waals surface area contributed by atoms with E-state index in [2.05, 4.69) is 5.32 Å². The molecule has 0 spiro atoms. The standard InChI is InChI=1S/C8H8F2N2O2/c1-4-3-5(12(13)14)8(11-2)7(10)6(4)9/h3,11H,1-2H3. The largest absolute Gasteiger partial charge is 0.380 e. The van der Waals surface area contributed by atoms with Gasteiger partial charge in [-0.1, -0.05) is 0 Å². The number of aryl methyl sites for hydroxylation is 1. The molecule has 0 unspecified atom stereocenters. The number of benzene rings is 1. The lowest BCUT2D eigenvalue weighted by Crippen LogP contribution is -2.03. The monoisotopic (exact) mass is 202 g/mol. The predicted molar refractivity (Wildman–Crippen MR) is 47.3 cm³/mol. The third-order valence-corrected chi connectivity index (χ3v) is 1.81. The Labute approximate surface area is 78.7 Å². The zero-order valence-corrected chi connectivity index (χ0v) is 7.60. The van der Waals surface area contributed by atoms with E-state index in [9.17, 15) is 18.9 Å². The molecule has 0 aliphatic rings. The molecule has 14 heavy (non-hydrogen) atoms. The molecule has 0 heterocycles. The minimum Gasteiger partial charge on any atom is -0.380 e. The number of anilines is 1. The second-order valence-electron chi connectivity index (χ2n) is 2.72. The molecule has 1 N–H and O–H groups in total. The summed E-state index contributed by atoms with van der Waals surface area (Å²) in [4.78, 5) is 9.71. The van der Waals surface area contributed by atoms with Gasteiger partial charge >= 0.3 is 0 Å². The Morgan fingerprint density at radius 2 is 2.00 bits per heavy atom. The molecular formula is C8H8F2N2O2. The van der Waals surface area contributed by atoms with Crippen LogP contribution in [0.15, 0.2) is 6.07 Å². The first-order valence-electron chi connectivity index (χ1n) is 3.79. The normalized spacial score (nSPS) is 10.0. The second-order valence-corrected chi connectivity index (χ2v) is 2.72. The fourth-order valence-electron chi connectivity index (χ4n) is 1.12. The molecule has 0 aliphatic carbocycles. The van der Waals surface area contributed by atoms with Crippen LogP contribution in [0.4, 0.5) is 20.2 Å². The Morgan fingerprint density at radius 3 is 2.43 bits per heavy atom. The SMILES string of the molecule is CNc1c([N+](=O)[O-])cc(C)c(F)c1F. The topological polar surface area (TPSA) is 55.2 Å². The van der Waals surface area contributed by atoms with Gasteiger partial charge in [-0.15, -0.1) is 0 Å². The predicted octanol–water partition coefficient (Wildman–Crippen LogP) is 2.22. The van der Waals surface area contributed by atoms with Gasteiger partial charge in [-0.3, -0.25) is 10.1 Å². The van der Waals surface area contributed by atoms with E-state index in [0.717, 1.165) is 6.07 Å². The highest BCUT2D eigenvalue weighted by Gasteiger charge is 2.22. The van der Waals surface area contributed by atoms with Crippen molar-refractivity contribution in [3.8, 4) is 0 Å². The molecule has 76 valence electrons. The van der Waals surface area contributed by atoms with Crippen LogP contribution >= 0.6 is 0 Å². The first-order valence-corrected chi connectivity index (χ1v) is 3.79. The zero-order valence-electron chi connectivity index (χ0n) is 7.60. The van der Waals surface area contributed by atoms with Crippen molar-refractivity contribution in [2.75, 3.05) is 12.4 Å². The molecule has 1 aromatic rings. The smallest absolute Gasteiger partial charge is 0.295 e. The van der Waals surface area contributed by atoms with Crippen molar-refractivity contribution in [1.82, 2.24) is 0 Å². The molecule has 0 fully saturated rings. The van der Waals surface area contributed by atoms with Gasteiger partial charge in [-0.05, 0) is 12.5 Å². The Morgan fingerprint density at radius 1 is 1.43 bits per heavy atom. The molecule has 0 bridgehead atoms. The van der Waals surface area contributed by atoms with Gasteiger partial charge in [0, 0.05) is 13.1 Å². The van der Waals surface area contributed by atoms with Crippen LogP contribution in [0.1, 0.15) is 5.56 Å². The third kappa shape index (κ3) is 1.50. The van der Waals surface area contributed by atoms with E-state index < -0.39 is 27.9 Å². The fourth-order valence-corrected chi connectivity index (χ4v) is 1.12. The molecule has 0 aliphatic heterocycles. The van der Waals surface area contributed by atoms with Crippen LogP contribution in [0.25, 0.3) is 0 Å². The summed E-state index contributed by atoms with van der Waals surface area (Å²) in [7, 11) is 1.29. The highest BCUT2D eigenvalue weighted by atomic mass is 19.2. The lowest BCUT2D eigenvalue weighted by Gasteiger charge is -2.05. The Hall–Kier alpha value is -1.72. The van der Waals surface area contributed by atoms with Gasteiger partial charge in [0.2, 0.25) is 0 Å². The van der Waals surface area contributed by atoms with Crippen LogP contribution in [0, 0.1) is 28.7 Å². The quantitative estimate of drug-likeness (QED) is 0.590. The van der Waals surface area contributed by atoms with Crippen molar-refractivity contribution >= 4 is 11.4 Å². The summed E-state index contributed by atoms with van der Waals surface area (Å²) in [5.41, 5.74) is -0.991. The van der Waals surface area contributed by atoms with Crippen molar-refractivity contribution in [3.05, 3.63) is 33.4 Å². The van der Waals surface area contributed by atoms with E-state index in [0.29, 0.717) is 0 Å². The Bertz CT molecular complexity index is 393. The molecular weight excluding hydrogens is 194 g/mol. The van der Waals surface area contributed by atoms with Crippen LogP contribution in [0.2, 0.25) is 0 Å². The van der Waals surface area contributed by atoms with Crippen LogP contribution in [0.3, 0.4) is 0 Å². The molecule has 0 aromatic heterocycles. The van der Waals surface area contributed by atoms with Gasteiger partial charge in [-0.2, -0.15) is 0 Å². The maximum absolute atomic E-state index is 13.1. The summed E-state index contributed by atoms with van der Waals surface area (Å²) < 4.78 is 26.1. The Kier molecular flexibility index (Phi) is 2.64. The molecule has 0 radical (unpaired) electrons. The molecule has 4 nitrogen and oxygen atoms in total. The van der Waals surface area contributed by atoms with E-state index in [1.165, 1.54) is 14.0 Å². The maximum Gasteiger partial charge on any atom is 0.295 e. The molecule has 0 saturated heterocycles. The second kappa shape index (κ2) is 3.57. The molecule has 6 heteroatoms. The number of hydrogen-bond acceptors (Lipinski definition) is 3. The molecule has 1 aromatic carbocycles. The van der Waals surface area contributed by atoms with E-state index in [1.807, 2.05) is 0 Å². The first kappa shape index (κ1) is 10.4. The van der Waals surface area contributed by atoms with Crippen LogP contribution < -0.4 is 5.32 Å². The summed E-state index contributed by atoms with van der Waals surface area (Å²) in [5, 5.41) is 12.7. The number of nitrogens with one attached hydrogen (secondary N) is 1. The minimum atomic E-state index is -1.22. The van der Waals surface area contributed by atoms with E-state index in [4.69, 9.17) is 0 Å². The minimum absolute atomic E-state index is 0.0896. The van der Waals surface area contributed by atoms with Gasteiger partial charge in [0.05, 0.1) is 4.92 Å². The molecule has 0 amide bonds. The lowest BCUT2D eigenvalue weighted by atomic mass is 10.1. The van der Waals surface area contributed by atoms with Crippen molar-refractivity contribution in [3.63, 3.8) is 0 Å². The van der Waals surface area contributed by atoms with Crippen LogP contribution in [0.5, 0.6) is 0 Å². The van der Waals surface area contributed by atoms with Gasteiger partial charge < -0.3 is 5.32 Å². The highest BCUT2D eigenvalue weighted by Crippen LogP contribution is 2.30. The van der Waals surface area contributed by atoms with Crippen molar-refractivity contribution in [2.24, 2.45) is 0 Å². The molecule has 1 rings (SSSR count). The average Bonchev–Trinajstić information content (AvgIpc) is 2.13. The van der Waals surface area contributed by atoms with Crippen LogP contribution in [-0.4, -0.2) is 12.0 Å². The number of nitro groups is 1. The number of rotatable bonds is 2. The van der Waals surface area contributed by atoms with Gasteiger partial charge in [-0.25, -0.2) is 8.78 Å². The molecule has 0 saturated carbocycles. The van der Waals surface area contributed by atoms with E-state index >= 15 is 0 Å². The van der Waals surface area contributed by atoms with Gasteiger partial charge in [0.15, 0.2) is 17.3 Å². The highest BCUT2D eigenvalue weighted by molar-refractivity contribution is 5.63. The van der Waals surface area contributed by atoms with Crippen LogP contribution in [-0.2, 0) is 0 Å². The zero-order chi connectivity index (χ0) is 10.9. The Balaban J connectivity index is 3.51. The lowest BCUT2D eigenvalue weighted by molar-refractivity contribution is -0.384. The third-order valence-electron chi connectivity index (χ3n) is 1.81. The average molecular weight is 202 g/mol. The number of nitro benzene ring substituents is 1. The summed E-state index contributed by atoms with van der Waals surface area (Å²) >= 11 is 0. The fraction of sp³-hybridized carbons (Fsp3) is 0.250. The van der Waals surface area contributed by atoms with Crippen molar-refractivity contribution in [2.45, 2.75) is 6.92 Å². The number of hydrogen-bond donors (Lipinski definition) is 1. The molecule has 0 atom stereocenters. The number of nitrogens with zero attached hydrogens (tertiary/aromatic N) is 1. The summed E-state index contributed by atoms with van der Waals surface area (Å²) in [6.45, 7) is 1.27. The van der Waals surface area contributed by atoms with Gasteiger partial charge in [0.25, 0.3) is 5.69 Å². The number of halogens is 2. The summed E-state index contributed by atoms with van der Waals surface area (Å²) in [6, 6.07) is 0.990.